The summed E-state index contributed by atoms with van der Waals surface area (Å²) in [5.41, 5.74) is 1.41. The molecular weight excluding hydrogens is 569 g/mol. The van der Waals surface area contributed by atoms with Crippen molar-refractivity contribution in [3.8, 4) is 11.5 Å². The van der Waals surface area contributed by atoms with E-state index < -0.39 is 23.7 Å². The number of halogens is 3. The third-order valence-electron chi connectivity index (χ3n) is 4.48. The number of thioether (sulfide) groups is 1. The molecule has 1 aliphatic rings. The van der Waals surface area contributed by atoms with Crippen molar-refractivity contribution in [2.75, 3.05) is 13.7 Å². The molecule has 3 rings (SSSR count). The zero-order chi connectivity index (χ0) is 25.0. The molecule has 1 fully saturated rings. The van der Waals surface area contributed by atoms with Crippen LogP contribution in [0.15, 0.2) is 39.7 Å². The number of hydrogen-bond donors (Lipinski definition) is 0. The molecule has 0 unspecified atom stereocenters. The van der Waals surface area contributed by atoms with Gasteiger partial charge in [-0.15, -0.1) is 0 Å². The maximum Gasteiger partial charge on any atom is 0.326 e. The van der Waals surface area contributed by atoms with Gasteiger partial charge in [-0.05, 0) is 67.1 Å². The molecule has 1 saturated heterocycles. The highest BCUT2D eigenvalue weighted by Gasteiger charge is 2.37. The molecule has 0 aliphatic carbocycles. The second kappa shape index (κ2) is 11.5. The summed E-state index contributed by atoms with van der Waals surface area (Å²) < 4.78 is 17.0. The van der Waals surface area contributed by atoms with Crippen LogP contribution in [0.5, 0.6) is 11.5 Å². The van der Waals surface area contributed by atoms with E-state index >= 15 is 0 Å². The molecule has 0 spiro atoms. The van der Waals surface area contributed by atoms with Crippen LogP contribution >= 0.6 is 50.9 Å². The summed E-state index contributed by atoms with van der Waals surface area (Å²) in [4.78, 5) is 37.9. The Hall–Kier alpha value is -2.20. The summed E-state index contributed by atoms with van der Waals surface area (Å²) in [6, 6.07) is 8.58. The van der Waals surface area contributed by atoms with Gasteiger partial charge in [0.1, 0.15) is 13.2 Å². The van der Waals surface area contributed by atoms with Crippen LogP contribution in [0.25, 0.3) is 6.08 Å². The molecule has 0 aromatic heterocycles. The normalized spacial score (nSPS) is 14.8. The number of ether oxygens (including phenoxy) is 3. The molecule has 0 atom stereocenters. The van der Waals surface area contributed by atoms with Gasteiger partial charge >= 0.3 is 5.97 Å². The largest absolute Gasteiger partial charge is 0.493 e. The van der Waals surface area contributed by atoms with Crippen LogP contribution in [0, 0.1) is 0 Å². The quantitative estimate of drug-likeness (QED) is 0.263. The van der Waals surface area contributed by atoms with E-state index in [4.69, 9.17) is 37.4 Å². The molecule has 7 nitrogen and oxygen atoms in total. The molecule has 0 N–H and O–H groups in total. The lowest BCUT2D eigenvalue weighted by Gasteiger charge is -2.14. The molecule has 2 amide bonds. The molecule has 34 heavy (non-hydrogen) atoms. The van der Waals surface area contributed by atoms with Gasteiger partial charge in [0.25, 0.3) is 11.1 Å². The SMILES string of the molecule is COc1cc(/C=C2/SC(=O)N(CC(=O)OC(C)C)C2=O)c(Br)cc1OCc1ccc(Cl)c(Cl)c1. The maximum atomic E-state index is 12.7. The molecule has 0 saturated carbocycles. The Labute approximate surface area is 219 Å². The number of carbonyl (C=O) groups excluding carboxylic acids is 3. The van der Waals surface area contributed by atoms with E-state index in [-0.39, 0.29) is 17.6 Å². The van der Waals surface area contributed by atoms with Crippen LogP contribution in [0.1, 0.15) is 25.0 Å². The molecule has 180 valence electrons. The van der Waals surface area contributed by atoms with Gasteiger partial charge in [-0.2, -0.15) is 0 Å². The van der Waals surface area contributed by atoms with Crippen molar-refractivity contribution in [2.45, 2.75) is 26.6 Å². The van der Waals surface area contributed by atoms with Crippen molar-refractivity contribution >= 4 is 74.1 Å². The predicted molar refractivity (Wildman–Crippen MR) is 135 cm³/mol. The van der Waals surface area contributed by atoms with Crippen LogP contribution in [0.4, 0.5) is 4.79 Å². The van der Waals surface area contributed by atoms with Crippen molar-refractivity contribution in [1.82, 2.24) is 4.90 Å². The van der Waals surface area contributed by atoms with E-state index in [0.29, 0.717) is 31.6 Å². The topological polar surface area (TPSA) is 82.1 Å². The molecule has 2 aromatic rings. The molecule has 0 bridgehead atoms. The molecule has 1 heterocycles. The minimum atomic E-state index is -0.648. The number of methoxy groups -OCH3 is 1. The first-order valence-corrected chi connectivity index (χ1v) is 12.3. The van der Waals surface area contributed by atoms with Crippen molar-refractivity contribution in [2.24, 2.45) is 0 Å². The highest BCUT2D eigenvalue weighted by Crippen LogP contribution is 2.38. The first kappa shape index (κ1) is 26.4. The van der Waals surface area contributed by atoms with E-state index in [0.717, 1.165) is 22.2 Å². The predicted octanol–water partition coefficient (Wildman–Crippen LogP) is 6.33. The number of benzene rings is 2. The third-order valence-corrected chi connectivity index (χ3v) is 6.81. The summed E-state index contributed by atoms with van der Waals surface area (Å²) in [6.45, 7) is 3.17. The number of imide groups is 1. The zero-order valence-corrected chi connectivity index (χ0v) is 22.3. The fourth-order valence-electron chi connectivity index (χ4n) is 2.93. The fraction of sp³-hybridized carbons (Fsp3) is 0.261. The van der Waals surface area contributed by atoms with Crippen LogP contribution in [0.3, 0.4) is 0 Å². The number of carbonyl (C=O) groups is 3. The monoisotopic (exact) mass is 587 g/mol. The highest BCUT2D eigenvalue weighted by atomic mass is 79.9. The second-order valence-corrected chi connectivity index (χ2v) is 10.0. The van der Waals surface area contributed by atoms with Crippen molar-refractivity contribution in [3.05, 3.63) is 60.9 Å². The van der Waals surface area contributed by atoms with Crippen molar-refractivity contribution in [3.63, 3.8) is 0 Å². The van der Waals surface area contributed by atoms with Gasteiger partial charge in [0.15, 0.2) is 11.5 Å². The van der Waals surface area contributed by atoms with Gasteiger partial charge < -0.3 is 14.2 Å². The summed E-state index contributed by atoms with van der Waals surface area (Å²) in [6.07, 6.45) is 1.21. The van der Waals surface area contributed by atoms with Gasteiger partial charge in [-0.1, -0.05) is 45.2 Å². The van der Waals surface area contributed by atoms with E-state index in [1.54, 1.807) is 50.3 Å². The number of amides is 2. The average Bonchev–Trinajstić information content (AvgIpc) is 3.02. The first-order valence-electron chi connectivity index (χ1n) is 9.98. The van der Waals surface area contributed by atoms with E-state index in [1.807, 2.05) is 0 Å². The van der Waals surface area contributed by atoms with Gasteiger partial charge in [0.05, 0.1) is 28.2 Å². The smallest absolute Gasteiger partial charge is 0.326 e. The fourth-order valence-corrected chi connectivity index (χ4v) is 4.52. The Morgan fingerprint density at radius 1 is 1.15 bits per heavy atom. The minimum Gasteiger partial charge on any atom is -0.493 e. The number of nitrogens with zero attached hydrogens (tertiary/aromatic N) is 1. The number of hydrogen-bond acceptors (Lipinski definition) is 7. The Kier molecular flexibility index (Phi) is 8.92. The summed E-state index contributed by atoms with van der Waals surface area (Å²) in [7, 11) is 1.49. The van der Waals surface area contributed by atoms with E-state index in [1.165, 1.54) is 7.11 Å². The minimum absolute atomic E-state index is 0.176. The Morgan fingerprint density at radius 3 is 2.53 bits per heavy atom. The maximum absolute atomic E-state index is 12.7. The molecular formula is C23H20BrCl2NO6S. The molecule has 0 radical (unpaired) electrons. The van der Waals surface area contributed by atoms with Gasteiger partial charge in [-0.25, -0.2) is 0 Å². The highest BCUT2D eigenvalue weighted by molar-refractivity contribution is 9.10. The van der Waals surface area contributed by atoms with Crippen LogP contribution in [0.2, 0.25) is 10.0 Å². The Bertz CT molecular complexity index is 1170. The average molecular weight is 589 g/mol. The van der Waals surface area contributed by atoms with Crippen LogP contribution in [-0.2, 0) is 20.9 Å². The van der Waals surface area contributed by atoms with Crippen molar-refractivity contribution < 1.29 is 28.6 Å². The Balaban J connectivity index is 1.78. The zero-order valence-electron chi connectivity index (χ0n) is 18.4. The first-order chi connectivity index (χ1) is 16.1. The second-order valence-electron chi connectivity index (χ2n) is 7.37. The standard InChI is InChI=1S/C23H20BrCl2NO6S/c1-12(2)33-21(28)10-27-22(29)20(34-23(27)30)8-14-7-18(31-3)19(9-15(14)24)32-11-13-4-5-16(25)17(26)6-13/h4-9,12H,10-11H2,1-3H3/b20-8+. The summed E-state index contributed by atoms with van der Waals surface area (Å²) >= 11 is 16.2. The molecule has 2 aromatic carbocycles. The van der Waals surface area contributed by atoms with Crippen LogP contribution in [-0.4, -0.2) is 41.8 Å². The van der Waals surface area contributed by atoms with Gasteiger partial charge in [-0.3, -0.25) is 19.3 Å². The van der Waals surface area contributed by atoms with Gasteiger partial charge in [0, 0.05) is 4.47 Å². The molecule has 11 heteroatoms. The van der Waals surface area contributed by atoms with E-state index in [9.17, 15) is 14.4 Å². The van der Waals surface area contributed by atoms with Crippen LogP contribution < -0.4 is 9.47 Å². The lowest BCUT2D eigenvalue weighted by Crippen LogP contribution is -2.35. The van der Waals surface area contributed by atoms with Crippen molar-refractivity contribution in [1.29, 1.82) is 0 Å². The lowest BCUT2D eigenvalue weighted by atomic mass is 10.1. The lowest BCUT2D eigenvalue weighted by molar-refractivity contribution is -0.149. The number of rotatable bonds is 8. The third kappa shape index (κ3) is 6.47. The molecule has 1 aliphatic heterocycles. The number of esters is 1. The van der Waals surface area contributed by atoms with Gasteiger partial charge in [0.2, 0.25) is 0 Å². The summed E-state index contributed by atoms with van der Waals surface area (Å²) in [5.74, 6) is -0.331. The van der Waals surface area contributed by atoms with E-state index in [2.05, 4.69) is 15.9 Å². The summed E-state index contributed by atoms with van der Waals surface area (Å²) in [5, 5.41) is 0.343. The Morgan fingerprint density at radius 2 is 1.88 bits per heavy atom.